The lowest BCUT2D eigenvalue weighted by molar-refractivity contribution is 0.336. The van der Waals surface area contributed by atoms with Gasteiger partial charge in [0.2, 0.25) is 0 Å². The van der Waals surface area contributed by atoms with E-state index in [1.165, 1.54) is 21.2 Å². The molecule has 4 nitrogen and oxygen atoms in total. The van der Waals surface area contributed by atoms with Gasteiger partial charge >= 0.3 is 0 Å². The van der Waals surface area contributed by atoms with Crippen LogP contribution in [0.4, 0.5) is 0 Å². The molecule has 0 saturated carbocycles. The monoisotopic (exact) mass is 456 g/mol. The van der Waals surface area contributed by atoms with Crippen LogP contribution in [0.5, 0.6) is 5.75 Å². The van der Waals surface area contributed by atoms with Crippen molar-refractivity contribution in [3.63, 3.8) is 0 Å². The van der Waals surface area contributed by atoms with Gasteiger partial charge in [-0.2, -0.15) is 8.42 Å². The fourth-order valence-corrected chi connectivity index (χ4v) is 5.38. The van der Waals surface area contributed by atoms with E-state index in [-0.39, 0.29) is 6.61 Å². The van der Waals surface area contributed by atoms with Crippen LogP contribution in [0.25, 0.3) is 21.5 Å². The van der Waals surface area contributed by atoms with Crippen molar-refractivity contribution in [3.8, 4) is 5.75 Å². The van der Waals surface area contributed by atoms with Gasteiger partial charge in [0.25, 0.3) is 10.1 Å². The van der Waals surface area contributed by atoms with Crippen molar-refractivity contribution in [2.45, 2.75) is 16.7 Å². The number of hydrogen-bond donors (Lipinski definition) is 1. The minimum absolute atomic E-state index is 0.0831. The number of aryl methyl sites for hydroxylation is 1. The molecule has 154 valence electrons. The molecule has 0 saturated heterocycles. The third kappa shape index (κ3) is 5.49. The molecule has 0 spiro atoms. The Labute approximate surface area is 183 Å². The summed E-state index contributed by atoms with van der Waals surface area (Å²) >= 11 is 0. The highest BCUT2D eigenvalue weighted by Crippen LogP contribution is 2.39. The summed E-state index contributed by atoms with van der Waals surface area (Å²) in [6, 6.07) is 24.8. The average molecular weight is 457 g/mol. The molecule has 0 bridgehead atoms. The summed E-state index contributed by atoms with van der Waals surface area (Å²) in [6.07, 6.45) is 0. The first-order valence-corrected chi connectivity index (χ1v) is 13.1. The van der Waals surface area contributed by atoms with E-state index in [9.17, 15) is 8.42 Å². The Hall–Kier alpha value is -2.19. The minimum atomic E-state index is -4.02. The molecule has 0 fully saturated rings. The van der Waals surface area contributed by atoms with Crippen LogP contribution in [-0.4, -0.2) is 25.3 Å². The van der Waals surface area contributed by atoms with E-state index in [1.807, 2.05) is 18.2 Å². The van der Waals surface area contributed by atoms with Gasteiger partial charge in [0.05, 0.1) is 0 Å². The van der Waals surface area contributed by atoms with Crippen molar-refractivity contribution in [1.29, 1.82) is 0 Å². The first-order valence-electron chi connectivity index (χ1n) is 9.32. The van der Waals surface area contributed by atoms with E-state index in [0.717, 1.165) is 15.7 Å². The van der Waals surface area contributed by atoms with Gasteiger partial charge in [0.1, 0.15) is 18.1 Å². The molecule has 1 N–H and O–H groups in total. The molecule has 4 rings (SSSR count). The van der Waals surface area contributed by atoms with Crippen LogP contribution in [0.15, 0.2) is 82.6 Å². The van der Waals surface area contributed by atoms with Gasteiger partial charge in [-0.25, -0.2) is 0 Å². The fourth-order valence-electron chi connectivity index (χ4n) is 3.10. The average Bonchev–Trinajstić information content (AvgIpc) is 2.71. The van der Waals surface area contributed by atoms with E-state index < -0.39 is 15.9 Å². The first kappa shape index (κ1) is 21.1. The maximum atomic E-state index is 10.8. The number of rotatable bonds is 7. The summed E-state index contributed by atoms with van der Waals surface area (Å²) < 4.78 is 35.8. The Balaban J connectivity index is 1.43. The van der Waals surface area contributed by atoms with Gasteiger partial charge in [-0.3, -0.25) is 4.55 Å². The zero-order valence-electron chi connectivity index (χ0n) is 16.2. The van der Waals surface area contributed by atoms with Crippen LogP contribution in [0.2, 0.25) is 0 Å². The molecular weight excluding hydrogens is 436 g/mol. The first-order chi connectivity index (χ1) is 14.4. The van der Waals surface area contributed by atoms with Crippen molar-refractivity contribution in [2.24, 2.45) is 0 Å². The van der Waals surface area contributed by atoms with E-state index in [2.05, 4.69) is 55.5 Å². The second-order valence-corrected chi connectivity index (χ2v) is 10.8. The van der Waals surface area contributed by atoms with Crippen LogP contribution in [0.1, 0.15) is 5.56 Å². The van der Waals surface area contributed by atoms with E-state index >= 15 is 0 Å². The molecule has 7 heteroatoms. The Kier molecular flexibility index (Phi) is 6.24. The minimum Gasteiger partial charge on any atom is -0.492 e. The molecule has 0 heterocycles. The van der Waals surface area contributed by atoms with Crippen LogP contribution in [0, 0.1) is 6.92 Å². The largest absolute Gasteiger partial charge is 0.492 e. The lowest BCUT2D eigenvalue weighted by Crippen LogP contribution is -2.12. The SMILES string of the molecule is Cc1ccc2cc(SSc3ccc4cc(OCCS(=O)(=O)O)ccc4c3)ccc2c1. The van der Waals surface area contributed by atoms with Crippen molar-refractivity contribution in [2.75, 3.05) is 12.4 Å². The lowest BCUT2D eigenvalue weighted by atomic mass is 10.1. The summed E-state index contributed by atoms with van der Waals surface area (Å²) in [5, 5.41) is 4.59. The third-order valence-electron chi connectivity index (χ3n) is 4.59. The van der Waals surface area contributed by atoms with E-state index in [1.54, 1.807) is 27.7 Å². The normalized spacial score (nSPS) is 11.8. The standard InChI is InChI=1S/C23H20O4S3/c1-16-2-3-19-14-22(8-5-17(19)12-16)28-29-23-9-6-18-13-21(7-4-20(18)15-23)27-10-11-30(24,25)26/h2-9,12-15H,10-11H2,1H3,(H,24,25,26). The molecule has 0 atom stereocenters. The number of fused-ring (bicyclic) bond motifs is 2. The number of hydrogen-bond acceptors (Lipinski definition) is 5. The predicted molar refractivity (Wildman–Crippen MR) is 126 cm³/mol. The van der Waals surface area contributed by atoms with E-state index in [0.29, 0.717) is 5.75 Å². The molecule has 0 aromatic heterocycles. The second-order valence-electron chi connectivity index (χ2n) is 6.98. The maximum absolute atomic E-state index is 10.8. The summed E-state index contributed by atoms with van der Waals surface area (Å²) in [5.41, 5.74) is 1.26. The van der Waals surface area contributed by atoms with Crippen LogP contribution < -0.4 is 4.74 Å². The van der Waals surface area contributed by atoms with Crippen molar-refractivity contribution < 1.29 is 17.7 Å². The lowest BCUT2D eigenvalue weighted by Gasteiger charge is -2.08. The van der Waals surface area contributed by atoms with Crippen molar-refractivity contribution >= 4 is 53.3 Å². The van der Waals surface area contributed by atoms with Crippen molar-refractivity contribution in [3.05, 3.63) is 78.4 Å². The molecule has 4 aromatic rings. The number of ether oxygens (including phenoxy) is 1. The summed E-state index contributed by atoms with van der Waals surface area (Å²) in [5.74, 6) is 0.152. The molecule has 0 aliphatic carbocycles. The summed E-state index contributed by atoms with van der Waals surface area (Å²) in [4.78, 5) is 2.36. The second kappa shape index (κ2) is 8.89. The Bertz CT molecular complexity index is 1320. The Morgan fingerprint density at radius 3 is 1.93 bits per heavy atom. The van der Waals surface area contributed by atoms with Crippen LogP contribution in [-0.2, 0) is 10.1 Å². The van der Waals surface area contributed by atoms with Gasteiger partial charge in [-0.05, 0) is 64.9 Å². The fraction of sp³-hybridized carbons (Fsp3) is 0.130. The molecule has 0 aliphatic rings. The Morgan fingerprint density at radius 2 is 1.30 bits per heavy atom. The third-order valence-corrected chi connectivity index (χ3v) is 7.66. The van der Waals surface area contributed by atoms with Gasteiger partial charge in [0.15, 0.2) is 0 Å². The molecular formula is C23H20O4S3. The van der Waals surface area contributed by atoms with Gasteiger partial charge in [0, 0.05) is 9.79 Å². The molecule has 0 radical (unpaired) electrons. The van der Waals surface area contributed by atoms with E-state index in [4.69, 9.17) is 9.29 Å². The highest BCUT2D eigenvalue weighted by Gasteiger charge is 2.06. The molecule has 0 aliphatic heterocycles. The highest BCUT2D eigenvalue weighted by atomic mass is 33.1. The zero-order chi connectivity index (χ0) is 21.1. The zero-order valence-corrected chi connectivity index (χ0v) is 18.7. The smallest absolute Gasteiger partial charge is 0.268 e. The molecule has 0 unspecified atom stereocenters. The van der Waals surface area contributed by atoms with Crippen LogP contribution in [0.3, 0.4) is 0 Å². The summed E-state index contributed by atoms with van der Waals surface area (Å²) in [6.45, 7) is 2.02. The Morgan fingerprint density at radius 1 is 0.767 bits per heavy atom. The molecule has 0 amide bonds. The summed E-state index contributed by atoms with van der Waals surface area (Å²) in [7, 11) is -0.575. The topological polar surface area (TPSA) is 63.6 Å². The van der Waals surface area contributed by atoms with Gasteiger partial charge in [-0.1, -0.05) is 63.5 Å². The molecule has 30 heavy (non-hydrogen) atoms. The highest BCUT2D eigenvalue weighted by molar-refractivity contribution is 8.76. The number of benzene rings is 4. The van der Waals surface area contributed by atoms with Crippen molar-refractivity contribution in [1.82, 2.24) is 0 Å². The predicted octanol–water partition coefficient (Wildman–Crippen LogP) is 6.37. The van der Waals surface area contributed by atoms with Gasteiger partial charge < -0.3 is 4.74 Å². The quantitative estimate of drug-likeness (QED) is 0.258. The van der Waals surface area contributed by atoms with Gasteiger partial charge in [-0.15, -0.1) is 0 Å². The maximum Gasteiger partial charge on any atom is 0.268 e. The molecule has 4 aromatic carbocycles. The van der Waals surface area contributed by atoms with Crippen LogP contribution >= 0.6 is 21.6 Å².